The number of carbonyl (C=O) groups excluding carboxylic acids is 2. The highest BCUT2D eigenvalue weighted by Crippen LogP contribution is 2.23. The molecule has 1 aliphatic rings. The number of hydrogen-bond acceptors (Lipinski definition) is 2. The second kappa shape index (κ2) is 6.54. The molecule has 1 aromatic rings. The zero-order chi connectivity index (χ0) is 14.4. The van der Waals surface area contributed by atoms with Crippen molar-refractivity contribution < 1.29 is 9.59 Å². The van der Waals surface area contributed by atoms with E-state index in [-0.39, 0.29) is 11.8 Å². The third kappa shape index (κ3) is 3.10. The first-order valence-electron chi connectivity index (χ1n) is 6.16. The van der Waals surface area contributed by atoms with Crippen LogP contribution in [0.1, 0.15) is 24.2 Å². The lowest BCUT2D eigenvalue weighted by molar-refractivity contribution is -0.113. The van der Waals surface area contributed by atoms with Crippen LogP contribution in [0.2, 0.25) is 0 Å². The van der Waals surface area contributed by atoms with E-state index in [1.165, 1.54) is 11.0 Å². The van der Waals surface area contributed by atoms with Gasteiger partial charge in [-0.25, -0.2) is 0 Å². The highest BCUT2D eigenvalue weighted by atomic mass is 16.2. The number of hydrogen-bond donors (Lipinski definition) is 1. The lowest BCUT2D eigenvalue weighted by atomic mass is 10.2. The Morgan fingerprint density at radius 1 is 1.16 bits per heavy atom. The van der Waals surface area contributed by atoms with Crippen LogP contribution in [0, 0.1) is 0 Å². The normalized spacial score (nSPS) is 13.1. The molecule has 2 amide bonds. The van der Waals surface area contributed by atoms with Crippen molar-refractivity contribution in [1.82, 2.24) is 5.32 Å². The summed E-state index contributed by atoms with van der Waals surface area (Å²) in [6.45, 7) is 7.78. The van der Waals surface area contributed by atoms with Crippen molar-refractivity contribution in [2.24, 2.45) is 0 Å². The van der Waals surface area contributed by atoms with Gasteiger partial charge >= 0.3 is 0 Å². The zero-order valence-electron chi connectivity index (χ0n) is 11.4. The predicted molar refractivity (Wildman–Crippen MR) is 76.9 cm³/mol. The number of carbonyl (C=O) groups is 2. The summed E-state index contributed by atoms with van der Waals surface area (Å²) in [5.74, 6) is -0.274. The highest BCUT2D eigenvalue weighted by molar-refractivity contribution is 6.08. The molecule has 0 saturated heterocycles. The van der Waals surface area contributed by atoms with Gasteiger partial charge in [0.15, 0.2) is 0 Å². The van der Waals surface area contributed by atoms with Crippen LogP contribution >= 0.6 is 0 Å². The van der Waals surface area contributed by atoms with Gasteiger partial charge in [-0.15, -0.1) is 0 Å². The van der Waals surface area contributed by atoms with Crippen LogP contribution in [0.15, 0.2) is 48.7 Å². The Kier molecular flexibility index (Phi) is 5.06. The van der Waals surface area contributed by atoms with E-state index < -0.39 is 0 Å². The van der Waals surface area contributed by atoms with E-state index in [0.717, 1.165) is 0 Å². The van der Waals surface area contributed by atoms with Gasteiger partial charge in [0.05, 0.1) is 0 Å². The van der Waals surface area contributed by atoms with Gasteiger partial charge in [-0.2, -0.15) is 0 Å². The summed E-state index contributed by atoms with van der Waals surface area (Å²) in [6, 6.07) is 6.79. The number of nitrogens with one attached hydrogen (secondary N) is 1. The van der Waals surface area contributed by atoms with Crippen molar-refractivity contribution in [3.63, 3.8) is 0 Å². The number of rotatable bonds is 2. The molecule has 0 radical (unpaired) electrons. The summed E-state index contributed by atoms with van der Waals surface area (Å²) >= 11 is 0. The van der Waals surface area contributed by atoms with Gasteiger partial charge in [0, 0.05) is 30.1 Å². The van der Waals surface area contributed by atoms with E-state index >= 15 is 0 Å². The van der Waals surface area contributed by atoms with Gasteiger partial charge in [0.2, 0.25) is 0 Å². The third-order valence-corrected chi connectivity index (χ3v) is 2.54. The Labute approximate surface area is 113 Å². The minimum absolute atomic E-state index is 0.123. The molecule has 2 rings (SSSR count). The first-order chi connectivity index (χ1) is 9.13. The average Bonchev–Trinajstić information content (AvgIpc) is 2.80. The van der Waals surface area contributed by atoms with Crippen LogP contribution in [0.4, 0.5) is 5.69 Å². The minimum Gasteiger partial charge on any atom is -0.355 e. The maximum atomic E-state index is 11.6. The summed E-state index contributed by atoms with van der Waals surface area (Å²) in [5.41, 5.74) is 1.89. The standard InChI is InChI=1S/C13H12N2O2.C2H6/c1-9-3-8-12(16)15(9)11-6-4-10(5-7-11)13(17)14-2;1-2/h3-8H,1H2,2H3,(H,14,17);1-2H3. The Morgan fingerprint density at radius 2 is 1.74 bits per heavy atom. The van der Waals surface area contributed by atoms with Gasteiger partial charge < -0.3 is 5.32 Å². The number of benzene rings is 1. The Hall–Kier alpha value is -2.36. The maximum Gasteiger partial charge on any atom is 0.255 e. The Morgan fingerprint density at radius 3 is 2.16 bits per heavy atom. The summed E-state index contributed by atoms with van der Waals surface area (Å²) in [6.07, 6.45) is 3.13. The van der Waals surface area contributed by atoms with Gasteiger partial charge in [-0.3, -0.25) is 14.5 Å². The number of amides is 2. The molecule has 100 valence electrons. The monoisotopic (exact) mass is 258 g/mol. The molecule has 0 unspecified atom stereocenters. The average molecular weight is 258 g/mol. The molecule has 1 heterocycles. The maximum absolute atomic E-state index is 11.6. The lowest BCUT2D eigenvalue weighted by Crippen LogP contribution is -2.23. The highest BCUT2D eigenvalue weighted by Gasteiger charge is 2.20. The topological polar surface area (TPSA) is 49.4 Å². The fraction of sp³-hybridized carbons (Fsp3) is 0.200. The van der Waals surface area contributed by atoms with Crippen LogP contribution in [-0.2, 0) is 4.79 Å². The molecular formula is C15H18N2O2. The molecule has 0 aromatic heterocycles. The van der Waals surface area contributed by atoms with E-state index in [2.05, 4.69) is 11.9 Å². The van der Waals surface area contributed by atoms with Crippen molar-refractivity contribution in [2.75, 3.05) is 11.9 Å². The molecule has 0 saturated carbocycles. The van der Waals surface area contributed by atoms with Crippen LogP contribution in [0.25, 0.3) is 0 Å². The Bertz CT molecular complexity index is 497. The minimum atomic E-state index is -0.152. The van der Waals surface area contributed by atoms with E-state index in [0.29, 0.717) is 16.9 Å². The molecule has 1 aromatic carbocycles. The summed E-state index contributed by atoms with van der Waals surface area (Å²) in [5, 5.41) is 2.54. The molecule has 0 aliphatic carbocycles. The quantitative estimate of drug-likeness (QED) is 0.886. The summed E-state index contributed by atoms with van der Waals surface area (Å²) in [4.78, 5) is 24.4. The van der Waals surface area contributed by atoms with E-state index in [4.69, 9.17) is 0 Å². The molecule has 1 N–H and O–H groups in total. The first-order valence-corrected chi connectivity index (χ1v) is 6.16. The molecule has 0 bridgehead atoms. The van der Waals surface area contributed by atoms with Crippen molar-refractivity contribution in [1.29, 1.82) is 0 Å². The predicted octanol–water partition coefficient (Wildman–Crippen LogP) is 2.49. The van der Waals surface area contributed by atoms with E-state index in [9.17, 15) is 9.59 Å². The molecule has 4 nitrogen and oxygen atoms in total. The van der Waals surface area contributed by atoms with Crippen LogP contribution in [0.3, 0.4) is 0 Å². The van der Waals surface area contributed by atoms with Crippen molar-refractivity contribution in [2.45, 2.75) is 13.8 Å². The van der Waals surface area contributed by atoms with Gasteiger partial charge in [0.25, 0.3) is 11.8 Å². The molecule has 0 spiro atoms. The van der Waals surface area contributed by atoms with E-state index in [1.807, 2.05) is 13.8 Å². The van der Waals surface area contributed by atoms with Gasteiger partial charge in [0.1, 0.15) is 0 Å². The van der Waals surface area contributed by atoms with Crippen LogP contribution < -0.4 is 10.2 Å². The molecule has 0 atom stereocenters. The van der Waals surface area contributed by atoms with E-state index in [1.54, 1.807) is 37.4 Å². The number of allylic oxidation sites excluding steroid dienone is 1. The van der Waals surface area contributed by atoms with Crippen LogP contribution in [-0.4, -0.2) is 18.9 Å². The third-order valence-electron chi connectivity index (χ3n) is 2.54. The lowest BCUT2D eigenvalue weighted by Gasteiger charge is -2.17. The van der Waals surface area contributed by atoms with Crippen molar-refractivity contribution >= 4 is 17.5 Å². The number of anilines is 1. The number of nitrogens with zero attached hydrogens (tertiary/aromatic N) is 1. The second-order valence-electron chi connectivity index (χ2n) is 3.62. The summed E-state index contributed by atoms with van der Waals surface area (Å²) in [7, 11) is 1.58. The van der Waals surface area contributed by atoms with Crippen molar-refractivity contribution in [3.05, 3.63) is 54.3 Å². The van der Waals surface area contributed by atoms with Gasteiger partial charge in [-0.05, 0) is 30.3 Å². The SMILES string of the molecule is C=C1C=CC(=O)N1c1ccc(C(=O)NC)cc1.CC. The Balaban J connectivity index is 0.000000861. The smallest absolute Gasteiger partial charge is 0.255 e. The summed E-state index contributed by atoms with van der Waals surface area (Å²) < 4.78 is 0. The zero-order valence-corrected chi connectivity index (χ0v) is 11.4. The molecule has 0 fully saturated rings. The molecular weight excluding hydrogens is 240 g/mol. The molecule has 19 heavy (non-hydrogen) atoms. The molecule has 4 heteroatoms. The van der Waals surface area contributed by atoms with Crippen LogP contribution in [0.5, 0.6) is 0 Å². The molecule has 1 aliphatic heterocycles. The fourth-order valence-electron chi connectivity index (χ4n) is 1.66. The largest absolute Gasteiger partial charge is 0.355 e. The van der Waals surface area contributed by atoms with Gasteiger partial charge in [-0.1, -0.05) is 20.4 Å². The second-order valence-corrected chi connectivity index (χ2v) is 3.62. The fourth-order valence-corrected chi connectivity index (χ4v) is 1.66. The first kappa shape index (κ1) is 14.7. The van der Waals surface area contributed by atoms with Crippen molar-refractivity contribution in [3.8, 4) is 0 Å².